The number of carbonyl (C=O) groups excluding carboxylic acids is 1. The van der Waals surface area contributed by atoms with Crippen LogP contribution in [0.15, 0.2) is 24.3 Å². The zero-order valence-corrected chi connectivity index (χ0v) is 12.6. The van der Waals surface area contributed by atoms with Gasteiger partial charge >= 0.3 is 12.0 Å². The molecule has 0 saturated heterocycles. The fourth-order valence-electron chi connectivity index (χ4n) is 1.70. The SMILES string of the molecule is CCC(C)C(C)NC(=O)Nc1ccccc1OCC(=O)O. The highest BCUT2D eigenvalue weighted by Crippen LogP contribution is 2.23. The summed E-state index contributed by atoms with van der Waals surface area (Å²) in [5.74, 6) is -0.375. The monoisotopic (exact) mass is 294 g/mol. The van der Waals surface area contributed by atoms with Gasteiger partial charge in [0.2, 0.25) is 0 Å². The van der Waals surface area contributed by atoms with Crippen LogP contribution < -0.4 is 15.4 Å². The second-order valence-corrected chi connectivity index (χ2v) is 4.95. The van der Waals surface area contributed by atoms with Gasteiger partial charge in [-0.15, -0.1) is 0 Å². The van der Waals surface area contributed by atoms with E-state index in [-0.39, 0.29) is 12.1 Å². The van der Waals surface area contributed by atoms with Gasteiger partial charge in [-0.2, -0.15) is 0 Å². The number of rotatable bonds is 7. The van der Waals surface area contributed by atoms with Crippen LogP contribution in [0.5, 0.6) is 5.75 Å². The molecule has 3 N–H and O–H groups in total. The van der Waals surface area contributed by atoms with E-state index < -0.39 is 12.6 Å². The third-order valence-electron chi connectivity index (χ3n) is 3.34. The highest BCUT2D eigenvalue weighted by atomic mass is 16.5. The van der Waals surface area contributed by atoms with E-state index in [1.807, 2.05) is 6.92 Å². The summed E-state index contributed by atoms with van der Waals surface area (Å²) in [7, 11) is 0. The molecule has 21 heavy (non-hydrogen) atoms. The van der Waals surface area contributed by atoms with E-state index >= 15 is 0 Å². The van der Waals surface area contributed by atoms with E-state index in [9.17, 15) is 9.59 Å². The van der Waals surface area contributed by atoms with Gasteiger partial charge in [0.05, 0.1) is 5.69 Å². The van der Waals surface area contributed by atoms with Crippen molar-refractivity contribution >= 4 is 17.7 Å². The Morgan fingerprint density at radius 1 is 1.29 bits per heavy atom. The standard InChI is InChI=1S/C15H22N2O4/c1-4-10(2)11(3)16-15(20)17-12-7-5-6-8-13(12)21-9-14(18)19/h5-8,10-11H,4,9H2,1-3H3,(H,18,19)(H2,16,17,20). The molecule has 1 rings (SSSR count). The largest absolute Gasteiger partial charge is 0.480 e. The van der Waals surface area contributed by atoms with E-state index in [0.29, 0.717) is 17.4 Å². The van der Waals surface area contributed by atoms with Crippen LogP contribution in [0.4, 0.5) is 10.5 Å². The smallest absolute Gasteiger partial charge is 0.341 e. The van der Waals surface area contributed by atoms with Crippen LogP contribution >= 0.6 is 0 Å². The fourth-order valence-corrected chi connectivity index (χ4v) is 1.70. The van der Waals surface area contributed by atoms with Gasteiger partial charge in [0.15, 0.2) is 6.61 Å². The Balaban J connectivity index is 2.65. The first-order chi connectivity index (χ1) is 9.93. The van der Waals surface area contributed by atoms with Gasteiger partial charge in [0, 0.05) is 6.04 Å². The molecule has 1 aromatic carbocycles. The third-order valence-corrected chi connectivity index (χ3v) is 3.34. The minimum Gasteiger partial charge on any atom is -0.480 e. The molecule has 6 heteroatoms. The highest BCUT2D eigenvalue weighted by Gasteiger charge is 2.14. The average molecular weight is 294 g/mol. The van der Waals surface area contributed by atoms with Crippen molar-refractivity contribution in [3.63, 3.8) is 0 Å². The zero-order valence-electron chi connectivity index (χ0n) is 12.6. The number of benzene rings is 1. The van der Waals surface area contributed by atoms with Gasteiger partial charge in [-0.3, -0.25) is 0 Å². The molecule has 0 fully saturated rings. The maximum absolute atomic E-state index is 11.9. The van der Waals surface area contributed by atoms with E-state index in [0.717, 1.165) is 6.42 Å². The Bertz CT molecular complexity index is 490. The number of carboxylic acids is 1. The van der Waals surface area contributed by atoms with Gasteiger partial charge in [0.1, 0.15) is 5.75 Å². The lowest BCUT2D eigenvalue weighted by molar-refractivity contribution is -0.139. The van der Waals surface area contributed by atoms with E-state index in [2.05, 4.69) is 24.5 Å². The predicted molar refractivity (Wildman–Crippen MR) is 80.6 cm³/mol. The molecule has 0 radical (unpaired) electrons. The minimum absolute atomic E-state index is 0.0436. The number of amides is 2. The Labute approximate surface area is 124 Å². The number of para-hydroxylation sites is 2. The van der Waals surface area contributed by atoms with Crippen LogP contribution in [-0.4, -0.2) is 29.8 Å². The van der Waals surface area contributed by atoms with Crippen molar-refractivity contribution in [1.82, 2.24) is 5.32 Å². The molecule has 0 aliphatic rings. The van der Waals surface area contributed by atoms with Gasteiger partial charge in [-0.25, -0.2) is 9.59 Å². The Morgan fingerprint density at radius 3 is 2.57 bits per heavy atom. The van der Waals surface area contributed by atoms with Crippen molar-refractivity contribution in [2.24, 2.45) is 5.92 Å². The lowest BCUT2D eigenvalue weighted by Crippen LogP contribution is -2.39. The Morgan fingerprint density at radius 2 is 1.95 bits per heavy atom. The lowest BCUT2D eigenvalue weighted by atomic mass is 10.0. The summed E-state index contributed by atoms with van der Waals surface area (Å²) in [6.45, 7) is 5.62. The number of carboxylic acid groups (broad SMARTS) is 1. The van der Waals surface area contributed by atoms with Gasteiger partial charge < -0.3 is 20.5 Å². The van der Waals surface area contributed by atoms with Crippen molar-refractivity contribution in [3.05, 3.63) is 24.3 Å². The molecule has 6 nitrogen and oxygen atoms in total. The molecule has 0 saturated carbocycles. The Kier molecular flexibility index (Phi) is 6.52. The molecule has 2 amide bonds. The summed E-state index contributed by atoms with van der Waals surface area (Å²) >= 11 is 0. The third kappa shape index (κ3) is 5.72. The van der Waals surface area contributed by atoms with Crippen LogP contribution in [0, 0.1) is 5.92 Å². The van der Waals surface area contributed by atoms with Crippen molar-refractivity contribution in [3.8, 4) is 5.75 Å². The molecular weight excluding hydrogens is 272 g/mol. The first kappa shape index (κ1) is 16.8. The second-order valence-electron chi connectivity index (χ2n) is 4.95. The first-order valence-electron chi connectivity index (χ1n) is 6.95. The number of urea groups is 1. The molecule has 0 spiro atoms. The van der Waals surface area contributed by atoms with Crippen LogP contribution in [0.3, 0.4) is 0 Å². The van der Waals surface area contributed by atoms with Crippen molar-refractivity contribution in [2.45, 2.75) is 33.2 Å². The first-order valence-corrected chi connectivity index (χ1v) is 6.95. The van der Waals surface area contributed by atoms with Gasteiger partial charge in [0.25, 0.3) is 0 Å². The van der Waals surface area contributed by atoms with E-state index in [1.165, 1.54) is 0 Å². The summed E-state index contributed by atoms with van der Waals surface area (Å²) in [5, 5.41) is 14.2. The van der Waals surface area contributed by atoms with Crippen molar-refractivity contribution in [1.29, 1.82) is 0 Å². The number of anilines is 1. The molecule has 116 valence electrons. The topological polar surface area (TPSA) is 87.7 Å². The second kappa shape index (κ2) is 8.14. The number of hydrogen-bond acceptors (Lipinski definition) is 3. The minimum atomic E-state index is -1.07. The fraction of sp³-hybridized carbons (Fsp3) is 0.467. The van der Waals surface area contributed by atoms with Crippen molar-refractivity contribution < 1.29 is 19.4 Å². The predicted octanol–water partition coefficient (Wildman–Crippen LogP) is 2.71. The molecule has 0 aromatic heterocycles. The number of hydrogen-bond donors (Lipinski definition) is 3. The number of ether oxygens (including phenoxy) is 1. The van der Waals surface area contributed by atoms with Crippen LogP contribution in [-0.2, 0) is 4.79 Å². The lowest BCUT2D eigenvalue weighted by Gasteiger charge is -2.20. The molecule has 0 bridgehead atoms. The quantitative estimate of drug-likeness (QED) is 0.721. The van der Waals surface area contributed by atoms with Crippen molar-refractivity contribution in [2.75, 3.05) is 11.9 Å². The van der Waals surface area contributed by atoms with Crippen LogP contribution in [0.1, 0.15) is 27.2 Å². The summed E-state index contributed by atoms with van der Waals surface area (Å²) in [5.41, 5.74) is 0.438. The van der Waals surface area contributed by atoms with Gasteiger partial charge in [-0.05, 0) is 25.0 Å². The number of aliphatic carboxylic acids is 1. The Hall–Kier alpha value is -2.24. The summed E-state index contributed by atoms with van der Waals surface area (Å²) in [6, 6.07) is 6.42. The normalized spacial score (nSPS) is 13.1. The highest BCUT2D eigenvalue weighted by molar-refractivity contribution is 5.91. The van der Waals surface area contributed by atoms with Gasteiger partial charge in [-0.1, -0.05) is 32.4 Å². The van der Waals surface area contributed by atoms with E-state index in [4.69, 9.17) is 9.84 Å². The van der Waals surface area contributed by atoms with Crippen LogP contribution in [0.2, 0.25) is 0 Å². The molecule has 0 heterocycles. The average Bonchev–Trinajstić information content (AvgIpc) is 2.45. The molecule has 0 aliphatic heterocycles. The molecule has 0 aliphatic carbocycles. The maximum atomic E-state index is 11.9. The number of carbonyl (C=O) groups is 2. The molecule has 2 unspecified atom stereocenters. The number of nitrogens with one attached hydrogen (secondary N) is 2. The molecular formula is C15H22N2O4. The molecule has 2 atom stereocenters. The summed E-state index contributed by atoms with van der Waals surface area (Å²) in [4.78, 5) is 22.5. The van der Waals surface area contributed by atoms with E-state index in [1.54, 1.807) is 24.3 Å². The maximum Gasteiger partial charge on any atom is 0.341 e. The zero-order chi connectivity index (χ0) is 15.8. The summed E-state index contributed by atoms with van der Waals surface area (Å²) in [6.07, 6.45) is 0.972. The summed E-state index contributed by atoms with van der Waals surface area (Å²) < 4.78 is 5.13. The molecule has 1 aromatic rings. The van der Waals surface area contributed by atoms with Crippen LogP contribution in [0.25, 0.3) is 0 Å².